The Morgan fingerprint density at radius 2 is 1.53 bits per heavy atom. The fourth-order valence-corrected chi connectivity index (χ4v) is 2.65. The van der Waals surface area contributed by atoms with Crippen molar-refractivity contribution in [2.24, 2.45) is 0 Å². The molecule has 0 aliphatic carbocycles. The molecule has 0 aliphatic rings. The van der Waals surface area contributed by atoms with Gasteiger partial charge in [-0.2, -0.15) is 0 Å². The van der Waals surface area contributed by atoms with Gasteiger partial charge in [0.1, 0.15) is 0 Å². The normalized spacial score (nSPS) is 14.2. The Balaban J connectivity index is 2.33. The maximum absolute atomic E-state index is 10.8. The summed E-state index contributed by atoms with van der Waals surface area (Å²) in [5, 5.41) is 10.8. The average Bonchev–Trinajstić information content (AvgIpc) is 2.35. The molecule has 1 N–H and O–H groups in total. The molecule has 0 aliphatic heterocycles. The van der Waals surface area contributed by atoms with Crippen LogP contribution in [0.25, 0.3) is 0 Å². The minimum Gasteiger partial charge on any atom is -0.385 e. The molecule has 0 heterocycles. The van der Waals surface area contributed by atoms with Crippen molar-refractivity contribution in [3.05, 3.63) is 69.2 Å². The number of rotatable bonds is 3. The summed E-state index contributed by atoms with van der Waals surface area (Å²) in [6, 6.07) is 14.1. The predicted molar refractivity (Wildman–Crippen MR) is 83.3 cm³/mol. The van der Waals surface area contributed by atoms with Crippen molar-refractivity contribution in [2.75, 3.05) is 0 Å². The van der Waals surface area contributed by atoms with Crippen LogP contribution in [-0.2, 0) is 12.0 Å². The van der Waals surface area contributed by atoms with Crippen LogP contribution in [0.1, 0.15) is 29.2 Å². The van der Waals surface area contributed by atoms with Crippen molar-refractivity contribution in [2.45, 2.75) is 32.8 Å². The van der Waals surface area contributed by atoms with E-state index in [-0.39, 0.29) is 0 Å². The predicted octanol–water partition coefficient (Wildman–Crippen LogP) is 4.52. The average molecular weight is 319 g/mol. The van der Waals surface area contributed by atoms with Crippen LogP contribution >= 0.6 is 15.9 Å². The van der Waals surface area contributed by atoms with E-state index >= 15 is 0 Å². The summed E-state index contributed by atoms with van der Waals surface area (Å²) in [6.07, 6.45) is 0.632. The number of hydrogen-bond donors (Lipinski definition) is 1. The molecule has 2 aromatic rings. The standard InChI is InChI=1S/C17H19BrO/c1-12-5-4-6-13(2)16(12)11-17(3,19)14-7-9-15(18)10-8-14/h4-10,19H,11H2,1-3H3. The topological polar surface area (TPSA) is 20.2 Å². The third-order valence-electron chi connectivity index (χ3n) is 3.63. The zero-order chi connectivity index (χ0) is 14.0. The second kappa shape index (κ2) is 5.48. The highest BCUT2D eigenvalue weighted by Crippen LogP contribution is 2.29. The van der Waals surface area contributed by atoms with Crippen LogP contribution in [-0.4, -0.2) is 5.11 Å². The first-order chi connectivity index (χ1) is 8.90. The minimum atomic E-state index is -0.850. The molecule has 0 saturated carbocycles. The number of halogens is 1. The van der Waals surface area contributed by atoms with Crippen molar-refractivity contribution in [1.29, 1.82) is 0 Å². The summed E-state index contributed by atoms with van der Waals surface area (Å²) < 4.78 is 1.03. The van der Waals surface area contributed by atoms with Crippen LogP contribution in [0.5, 0.6) is 0 Å². The molecule has 0 amide bonds. The Labute approximate surface area is 123 Å². The van der Waals surface area contributed by atoms with E-state index in [9.17, 15) is 5.11 Å². The van der Waals surface area contributed by atoms with Gasteiger partial charge in [0.2, 0.25) is 0 Å². The van der Waals surface area contributed by atoms with Gasteiger partial charge in [0.15, 0.2) is 0 Å². The summed E-state index contributed by atoms with van der Waals surface area (Å²) in [5.74, 6) is 0. The molecule has 1 nitrogen and oxygen atoms in total. The quantitative estimate of drug-likeness (QED) is 0.882. The third kappa shape index (κ3) is 3.26. The first-order valence-electron chi connectivity index (χ1n) is 6.44. The monoisotopic (exact) mass is 318 g/mol. The summed E-state index contributed by atoms with van der Waals surface area (Å²) in [5.41, 5.74) is 3.79. The third-order valence-corrected chi connectivity index (χ3v) is 4.16. The van der Waals surface area contributed by atoms with E-state index < -0.39 is 5.60 Å². The second-order valence-corrected chi connectivity index (χ2v) is 6.24. The van der Waals surface area contributed by atoms with E-state index in [1.54, 1.807) is 0 Å². The van der Waals surface area contributed by atoms with Gasteiger partial charge in [-0.1, -0.05) is 46.3 Å². The van der Waals surface area contributed by atoms with Gasteiger partial charge < -0.3 is 5.11 Å². The highest BCUT2D eigenvalue weighted by atomic mass is 79.9. The fourth-order valence-electron chi connectivity index (χ4n) is 2.38. The molecular formula is C17H19BrO. The minimum absolute atomic E-state index is 0.632. The molecule has 0 fully saturated rings. The molecule has 0 bridgehead atoms. The molecule has 100 valence electrons. The van der Waals surface area contributed by atoms with E-state index in [2.05, 4.69) is 48.0 Å². The lowest BCUT2D eigenvalue weighted by atomic mass is 9.86. The van der Waals surface area contributed by atoms with Crippen LogP contribution in [0.4, 0.5) is 0 Å². The van der Waals surface area contributed by atoms with Gasteiger partial charge in [-0.3, -0.25) is 0 Å². The van der Waals surface area contributed by atoms with Crippen molar-refractivity contribution in [3.63, 3.8) is 0 Å². The maximum atomic E-state index is 10.8. The van der Waals surface area contributed by atoms with E-state index in [1.165, 1.54) is 16.7 Å². The molecule has 1 unspecified atom stereocenters. The van der Waals surface area contributed by atoms with Crippen LogP contribution in [0.3, 0.4) is 0 Å². The summed E-state index contributed by atoms with van der Waals surface area (Å²) in [6.45, 7) is 6.07. The van der Waals surface area contributed by atoms with Crippen molar-refractivity contribution >= 4 is 15.9 Å². The lowest BCUT2D eigenvalue weighted by molar-refractivity contribution is 0.0573. The Hall–Kier alpha value is -1.12. The van der Waals surface area contributed by atoms with Crippen LogP contribution in [0.2, 0.25) is 0 Å². The molecule has 2 rings (SSSR count). The van der Waals surface area contributed by atoms with Gasteiger partial charge in [0, 0.05) is 10.9 Å². The first kappa shape index (κ1) is 14.3. The molecule has 0 aromatic heterocycles. The number of benzene rings is 2. The largest absolute Gasteiger partial charge is 0.385 e. The Bertz CT molecular complexity index is 550. The molecule has 0 spiro atoms. The molecule has 1 atom stereocenters. The Morgan fingerprint density at radius 3 is 2.05 bits per heavy atom. The summed E-state index contributed by atoms with van der Waals surface area (Å²) >= 11 is 3.42. The number of hydrogen-bond acceptors (Lipinski definition) is 1. The zero-order valence-corrected chi connectivity index (χ0v) is 13.2. The van der Waals surface area contributed by atoms with Gasteiger partial charge in [-0.25, -0.2) is 0 Å². The molecule has 2 heteroatoms. The van der Waals surface area contributed by atoms with Crippen molar-refractivity contribution in [1.82, 2.24) is 0 Å². The van der Waals surface area contributed by atoms with Gasteiger partial charge in [0.25, 0.3) is 0 Å². The van der Waals surface area contributed by atoms with E-state index in [0.29, 0.717) is 6.42 Å². The maximum Gasteiger partial charge on any atom is 0.0908 e. The van der Waals surface area contributed by atoms with E-state index in [4.69, 9.17) is 0 Å². The van der Waals surface area contributed by atoms with Crippen molar-refractivity contribution < 1.29 is 5.11 Å². The number of aryl methyl sites for hydroxylation is 2. The van der Waals surface area contributed by atoms with Crippen LogP contribution in [0, 0.1) is 13.8 Å². The van der Waals surface area contributed by atoms with Crippen molar-refractivity contribution in [3.8, 4) is 0 Å². The molecule has 19 heavy (non-hydrogen) atoms. The first-order valence-corrected chi connectivity index (χ1v) is 7.23. The lowest BCUT2D eigenvalue weighted by Crippen LogP contribution is -2.25. The van der Waals surface area contributed by atoms with Gasteiger partial charge in [0.05, 0.1) is 5.60 Å². The van der Waals surface area contributed by atoms with Gasteiger partial charge >= 0.3 is 0 Å². The SMILES string of the molecule is Cc1cccc(C)c1CC(C)(O)c1ccc(Br)cc1. The zero-order valence-electron chi connectivity index (χ0n) is 11.6. The smallest absolute Gasteiger partial charge is 0.0908 e. The highest BCUT2D eigenvalue weighted by molar-refractivity contribution is 9.10. The summed E-state index contributed by atoms with van der Waals surface area (Å²) in [4.78, 5) is 0. The van der Waals surface area contributed by atoms with Crippen LogP contribution < -0.4 is 0 Å². The van der Waals surface area contributed by atoms with Crippen LogP contribution in [0.15, 0.2) is 46.9 Å². The Morgan fingerprint density at radius 1 is 1.00 bits per heavy atom. The van der Waals surface area contributed by atoms with E-state index in [1.807, 2.05) is 31.2 Å². The molecule has 0 radical (unpaired) electrons. The highest BCUT2D eigenvalue weighted by Gasteiger charge is 2.24. The fraction of sp³-hybridized carbons (Fsp3) is 0.294. The molecule has 2 aromatic carbocycles. The van der Waals surface area contributed by atoms with Gasteiger partial charge in [-0.15, -0.1) is 0 Å². The van der Waals surface area contributed by atoms with Gasteiger partial charge in [-0.05, 0) is 55.2 Å². The van der Waals surface area contributed by atoms with E-state index in [0.717, 1.165) is 10.0 Å². The number of aliphatic hydroxyl groups is 1. The molecular weight excluding hydrogens is 300 g/mol. The Kier molecular flexibility index (Phi) is 4.12. The summed E-state index contributed by atoms with van der Waals surface area (Å²) in [7, 11) is 0. The molecule has 0 saturated heterocycles. The lowest BCUT2D eigenvalue weighted by Gasteiger charge is -2.26. The second-order valence-electron chi connectivity index (χ2n) is 5.33.